The van der Waals surface area contributed by atoms with Crippen LogP contribution in [0.1, 0.15) is 342 Å². The third kappa shape index (κ3) is 65.3. The van der Waals surface area contributed by atoms with E-state index in [2.05, 4.69) is 106 Å². The summed E-state index contributed by atoms with van der Waals surface area (Å²) in [6.07, 6.45) is 88.9. The highest BCUT2D eigenvalue weighted by atomic mass is 16.6. The lowest BCUT2D eigenvalue weighted by atomic mass is 10.0. The molecule has 1 atom stereocenters. The van der Waals surface area contributed by atoms with Crippen molar-refractivity contribution in [1.82, 2.24) is 0 Å². The zero-order valence-electron chi connectivity index (χ0n) is 52.4. The van der Waals surface area contributed by atoms with Crippen molar-refractivity contribution >= 4 is 17.9 Å². The van der Waals surface area contributed by atoms with Gasteiger partial charge in [0.1, 0.15) is 13.2 Å². The van der Waals surface area contributed by atoms with E-state index in [1.54, 1.807) is 0 Å². The first-order chi connectivity index (χ1) is 39.0. The predicted octanol–water partition coefficient (Wildman–Crippen LogP) is 23.4. The molecule has 1 unspecified atom stereocenters. The van der Waals surface area contributed by atoms with E-state index in [-0.39, 0.29) is 31.1 Å². The summed E-state index contributed by atoms with van der Waals surface area (Å²) >= 11 is 0. The summed E-state index contributed by atoms with van der Waals surface area (Å²) in [5.41, 5.74) is 0. The molecule has 0 aromatic heterocycles. The number of esters is 3. The lowest BCUT2D eigenvalue weighted by Crippen LogP contribution is -2.30. The van der Waals surface area contributed by atoms with Gasteiger partial charge in [-0.3, -0.25) is 14.4 Å². The van der Waals surface area contributed by atoms with E-state index >= 15 is 0 Å². The summed E-state index contributed by atoms with van der Waals surface area (Å²) in [6, 6.07) is 0. The zero-order valence-corrected chi connectivity index (χ0v) is 52.4. The Hall–Kier alpha value is -3.41. The Morgan fingerprint density at radius 3 is 0.772 bits per heavy atom. The molecule has 0 aromatic carbocycles. The van der Waals surface area contributed by atoms with Crippen LogP contribution in [0.4, 0.5) is 0 Å². The van der Waals surface area contributed by atoms with Crippen molar-refractivity contribution in [3.63, 3.8) is 0 Å². The first kappa shape index (κ1) is 75.6. The van der Waals surface area contributed by atoms with Gasteiger partial charge < -0.3 is 14.2 Å². The number of unbranched alkanes of at least 4 members (excludes halogenated alkanes) is 37. The monoisotopic (exact) mass is 1100 g/mol. The maximum atomic E-state index is 12.9. The molecular formula is C73H128O6. The van der Waals surface area contributed by atoms with Crippen LogP contribution in [0.2, 0.25) is 0 Å². The largest absolute Gasteiger partial charge is 0.462 e. The maximum Gasteiger partial charge on any atom is 0.306 e. The van der Waals surface area contributed by atoms with Crippen LogP contribution in [0.5, 0.6) is 0 Å². The summed E-state index contributed by atoms with van der Waals surface area (Å²) in [5.74, 6) is -0.856. The smallest absolute Gasteiger partial charge is 0.306 e. The lowest BCUT2D eigenvalue weighted by molar-refractivity contribution is -0.167. The van der Waals surface area contributed by atoms with Gasteiger partial charge in [-0.05, 0) is 77.0 Å². The Kier molecular flexibility index (Phi) is 64.2. The number of hydrogen-bond donors (Lipinski definition) is 0. The highest BCUT2D eigenvalue weighted by Gasteiger charge is 2.19. The molecule has 0 rings (SSSR count). The molecule has 0 aliphatic heterocycles. The zero-order chi connectivity index (χ0) is 57.1. The van der Waals surface area contributed by atoms with Gasteiger partial charge in [0.2, 0.25) is 0 Å². The van der Waals surface area contributed by atoms with Gasteiger partial charge in [0.25, 0.3) is 0 Å². The molecule has 0 bridgehead atoms. The molecule has 0 aromatic rings. The van der Waals surface area contributed by atoms with E-state index in [0.717, 1.165) is 103 Å². The Balaban J connectivity index is 4.17. The molecule has 0 saturated carbocycles. The average Bonchev–Trinajstić information content (AvgIpc) is 3.45. The molecule has 79 heavy (non-hydrogen) atoms. The normalized spacial score (nSPS) is 12.6. The summed E-state index contributed by atoms with van der Waals surface area (Å²) < 4.78 is 16.9. The van der Waals surface area contributed by atoms with E-state index in [4.69, 9.17) is 14.2 Å². The SMILES string of the molecule is CC/C=C\C/C=C\C/C=C\C/C=C\C/C=C\C/C=C\C/C=C\CCCCCCCCCCCCCC(=O)OCC(COC(=O)CCCCCCCCCCCCC)OC(=O)CCCCCCCCCCCCCCCCCCC. The first-order valence-electron chi connectivity index (χ1n) is 34.1. The topological polar surface area (TPSA) is 78.9 Å². The van der Waals surface area contributed by atoms with Crippen molar-refractivity contribution in [1.29, 1.82) is 0 Å². The van der Waals surface area contributed by atoms with Gasteiger partial charge >= 0.3 is 17.9 Å². The fourth-order valence-electron chi connectivity index (χ4n) is 9.84. The van der Waals surface area contributed by atoms with Gasteiger partial charge in [-0.15, -0.1) is 0 Å². The molecule has 6 heteroatoms. The molecule has 0 N–H and O–H groups in total. The Labute approximate surface area is 490 Å². The fraction of sp³-hybridized carbons (Fsp3) is 0.767. The minimum Gasteiger partial charge on any atom is -0.462 e. The first-order valence-corrected chi connectivity index (χ1v) is 34.1. The quantitative estimate of drug-likeness (QED) is 0.0261. The lowest BCUT2D eigenvalue weighted by Gasteiger charge is -2.18. The van der Waals surface area contributed by atoms with E-state index in [0.29, 0.717) is 19.3 Å². The van der Waals surface area contributed by atoms with Crippen LogP contribution < -0.4 is 0 Å². The van der Waals surface area contributed by atoms with Crippen LogP contribution in [0.3, 0.4) is 0 Å². The van der Waals surface area contributed by atoms with E-state index in [1.165, 1.54) is 199 Å². The number of carbonyl (C=O) groups excluding carboxylic acids is 3. The van der Waals surface area contributed by atoms with Gasteiger partial charge in [0.05, 0.1) is 0 Å². The van der Waals surface area contributed by atoms with Crippen LogP contribution in [0.15, 0.2) is 85.1 Å². The van der Waals surface area contributed by atoms with Crippen molar-refractivity contribution in [3.05, 3.63) is 85.1 Å². The second-order valence-electron chi connectivity index (χ2n) is 22.7. The van der Waals surface area contributed by atoms with Gasteiger partial charge in [0.15, 0.2) is 6.10 Å². The number of rotatable bonds is 62. The Morgan fingerprint density at radius 1 is 0.266 bits per heavy atom. The minimum absolute atomic E-state index is 0.0708. The summed E-state index contributed by atoms with van der Waals surface area (Å²) in [7, 11) is 0. The van der Waals surface area contributed by atoms with Gasteiger partial charge in [-0.1, -0.05) is 331 Å². The standard InChI is InChI=1S/C73H128O6/c1-4-7-10-13-16-19-22-24-26-28-29-30-31-32-33-34-35-36-37-38-39-40-41-42-43-45-46-48-51-54-57-60-63-66-72(75)78-69-70(68-77-71(74)65-62-59-56-53-50-21-18-15-12-9-6-3)79-73(76)67-64-61-58-55-52-49-47-44-27-25-23-20-17-14-11-8-5-2/h7,10,16,19,24,26,29-30,32-33,35-36,38-39,70H,4-6,8-9,11-15,17-18,20-23,25,27-28,31,34,37,40-69H2,1-3H3/b10-7-,19-16-,26-24-,30-29-,33-32-,36-35-,39-38-. The molecule has 6 nitrogen and oxygen atoms in total. The van der Waals surface area contributed by atoms with E-state index in [9.17, 15) is 14.4 Å². The Bertz CT molecular complexity index is 1500. The van der Waals surface area contributed by atoms with Crippen molar-refractivity contribution in [2.45, 2.75) is 348 Å². The van der Waals surface area contributed by atoms with Crippen molar-refractivity contribution in [2.24, 2.45) is 0 Å². The number of carbonyl (C=O) groups is 3. The highest BCUT2D eigenvalue weighted by Crippen LogP contribution is 2.17. The van der Waals surface area contributed by atoms with Crippen LogP contribution in [0.25, 0.3) is 0 Å². The number of allylic oxidation sites excluding steroid dienone is 14. The fourth-order valence-corrected chi connectivity index (χ4v) is 9.84. The molecule has 0 aliphatic rings. The van der Waals surface area contributed by atoms with E-state index < -0.39 is 6.10 Å². The predicted molar refractivity (Wildman–Crippen MR) is 344 cm³/mol. The molecule has 0 saturated heterocycles. The molecule has 456 valence electrons. The minimum atomic E-state index is -0.773. The molecule has 0 radical (unpaired) electrons. The van der Waals surface area contributed by atoms with Gasteiger partial charge in [-0.2, -0.15) is 0 Å². The summed E-state index contributed by atoms with van der Waals surface area (Å²) in [6.45, 7) is 6.56. The summed E-state index contributed by atoms with van der Waals surface area (Å²) in [4.78, 5) is 38.3. The Morgan fingerprint density at radius 2 is 0.494 bits per heavy atom. The maximum absolute atomic E-state index is 12.9. The average molecular weight is 1100 g/mol. The molecule has 0 amide bonds. The third-order valence-corrected chi connectivity index (χ3v) is 14.9. The van der Waals surface area contributed by atoms with Crippen LogP contribution >= 0.6 is 0 Å². The van der Waals surface area contributed by atoms with Crippen molar-refractivity contribution in [3.8, 4) is 0 Å². The summed E-state index contributed by atoms with van der Waals surface area (Å²) in [5, 5.41) is 0. The van der Waals surface area contributed by atoms with Crippen molar-refractivity contribution in [2.75, 3.05) is 13.2 Å². The van der Waals surface area contributed by atoms with Gasteiger partial charge in [-0.25, -0.2) is 0 Å². The van der Waals surface area contributed by atoms with Crippen LogP contribution in [0, 0.1) is 0 Å². The second kappa shape index (κ2) is 67.1. The second-order valence-corrected chi connectivity index (χ2v) is 22.7. The third-order valence-electron chi connectivity index (χ3n) is 14.9. The molecule has 0 spiro atoms. The van der Waals surface area contributed by atoms with E-state index in [1.807, 2.05) is 0 Å². The van der Waals surface area contributed by atoms with Crippen LogP contribution in [-0.2, 0) is 28.6 Å². The number of hydrogen-bond acceptors (Lipinski definition) is 6. The van der Waals surface area contributed by atoms with Gasteiger partial charge in [0, 0.05) is 19.3 Å². The molecule has 0 fully saturated rings. The molecule has 0 heterocycles. The molecular weight excluding hydrogens is 973 g/mol. The molecule has 0 aliphatic carbocycles. The highest BCUT2D eigenvalue weighted by molar-refractivity contribution is 5.71. The number of ether oxygens (including phenoxy) is 3. The van der Waals surface area contributed by atoms with Crippen LogP contribution in [-0.4, -0.2) is 37.2 Å². The van der Waals surface area contributed by atoms with Crippen molar-refractivity contribution < 1.29 is 28.6 Å².